The van der Waals surface area contributed by atoms with Gasteiger partial charge in [0.05, 0.1) is 23.3 Å². The number of alkyl halides is 1. The van der Waals surface area contributed by atoms with E-state index in [4.69, 9.17) is 22.1 Å². The lowest BCUT2D eigenvalue weighted by molar-refractivity contribution is 0.0509. The highest BCUT2D eigenvalue weighted by molar-refractivity contribution is 6.28. The minimum Gasteiger partial charge on any atom is -0.444 e. The van der Waals surface area contributed by atoms with Gasteiger partial charge >= 0.3 is 6.09 Å². The fourth-order valence-electron chi connectivity index (χ4n) is 2.58. The number of carbonyl (C=O) groups excluding carboxylic acids is 1. The van der Waals surface area contributed by atoms with Gasteiger partial charge in [-0.1, -0.05) is 12.1 Å². The summed E-state index contributed by atoms with van der Waals surface area (Å²) < 4.78 is 5.31. The highest BCUT2D eigenvalue weighted by Gasteiger charge is 2.27. The Bertz CT molecular complexity index is 613. The summed E-state index contributed by atoms with van der Waals surface area (Å²) in [6.45, 7) is 7.08. The normalized spacial score (nSPS) is 18.6. The number of nitrogens with one attached hydrogen (secondary N) is 1. The quantitative estimate of drug-likeness (QED) is 0.496. The monoisotopic (exact) mass is 352 g/mol. The number of alkyl carbamates (subject to hydrolysis) is 1. The lowest BCUT2D eigenvalue weighted by Crippen LogP contribution is -2.40. The zero-order valence-corrected chi connectivity index (χ0v) is 15.1. The number of aliphatic imine (C=N–C) groups is 1. The first-order valence-corrected chi connectivity index (χ1v) is 8.54. The Balaban J connectivity index is 2.02. The second kappa shape index (κ2) is 7.75. The highest BCUT2D eigenvalue weighted by atomic mass is 35.5. The Morgan fingerprint density at radius 1 is 1.46 bits per heavy atom. The van der Waals surface area contributed by atoms with Crippen LogP contribution in [0.25, 0.3) is 0 Å². The lowest BCUT2D eigenvalue weighted by atomic mass is 10.2. The first-order valence-electron chi connectivity index (χ1n) is 8.01. The van der Waals surface area contributed by atoms with Gasteiger partial charge in [-0.15, -0.1) is 11.6 Å². The number of amidine groups is 1. The number of nitrogens with two attached hydrogens (primary N) is 1. The molecule has 0 saturated carbocycles. The zero-order valence-electron chi connectivity index (χ0n) is 14.4. The molecule has 0 aromatic heterocycles. The topological polar surface area (TPSA) is 80.0 Å². The molecule has 7 heteroatoms. The number of para-hydroxylation sites is 2. The molecule has 0 bridgehead atoms. The minimum absolute atomic E-state index is 0.0438. The van der Waals surface area contributed by atoms with Crippen molar-refractivity contribution in [3.05, 3.63) is 24.3 Å². The maximum atomic E-state index is 11.9. The van der Waals surface area contributed by atoms with Crippen molar-refractivity contribution in [2.45, 2.75) is 38.8 Å². The van der Waals surface area contributed by atoms with E-state index in [2.05, 4.69) is 15.2 Å². The highest BCUT2D eigenvalue weighted by Crippen LogP contribution is 2.31. The van der Waals surface area contributed by atoms with Crippen LogP contribution < -0.4 is 16.0 Å². The van der Waals surface area contributed by atoms with E-state index in [0.29, 0.717) is 12.4 Å². The van der Waals surface area contributed by atoms with E-state index in [1.165, 1.54) is 0 Å². The van der Waals surface area contributed by atoms with Crippen LogP contribution in [0.1, 0.15) is 27.2 Å². The SMILES string of the molecule is CC(C)(C)OC(=O)NC1CCN(c2ccccc2N=C(N)CCl)C1. The van der Waals surface area contributed by atoms with E-state index in [9.17, 15) is 4.79 Å². The summed E-state index contributed by atoms with van der Waals surface area (Å²) in [5, 5.41) is 2.92. The second-order valence-corrected chi connectivity index (χ2v) is 7.07. The summed E-state index contributed by atoms with van der Waals surface area (Å²) in [4.78, 5) is 18.5. The number of nitrogens with zero attached hydrogens (tertiary/aromatic N) is 2. The van der Waals surface area contributed by atoms with Crippen LogP contribution >= 0.6 is 11.6 Å². The zero-order chi connectivity index (χ0) is 17.7. The van der Waals surface area contributed by atoms with Gasteiger partial charge in [0.1, 0.15) is 11.4 Å². The van der Waals surface area contributed by atoms with Crippen LogP contribution in [0.2, 0.25) is 0 Å². The third kappa shape index (κ3) is 5.30. The van der Waals surface area contributed by atoms with E-state index >= 15 is 0 Å². The van der Waals surface area contributed by atoms with Crippen LogP contribution in [0.4, 0.5) is 16.2 Å². The Kier molecular flexibility index (Phi) is 5.94. The van der Waals surface area contributed by atoms with Gasteiger partial charge in [0.2, 0.25) is 0 Å². The summed E-state index contributed by atoms with van der Waals surface area (Å²) in [5.74, 6) is 0.573. The maximum Gasteiger partial charge on any atom is 0.407 e. The molecule has 2 rings (SSSR count). The van der Waals surface area contributed by atoms with Gasteiger partial charge in [-0.25, -0.2) is 9.79 Å². The summed E-state index contributed by atoms with van der Waals surface area (Å²) >= 11 is 5.72. The van der Waals surface area contributed by atoms with Crippen LogP contribution in [-0.4, -0.2) is 42.5 Å². The molecule has 1 aromatic rings. The van der Waals surface area contributed by atoms with Gasteiger partial charge < -0.3 is 20.7 Å². The fourth-order valence-corrected chi connectivity index (χ4v) is 2.64. The van der Waals surface area contributed by atoms with Crippen molar-refractivity contribution in [3.8, 4) is 0 Å². The molecular formula is C17H25ClN4O2. The van der Waals surface area contributed by atoms with Crippen molar-refractivity contribution in [3.63, 3.8) is 0 Å². The van der Waals surface area contributed by atoms with Gasteiger partial charge in [-0.2, -0.15) is 0 Å². The Morgan fingerprint density at radius 2 is 2.17 bits per heavy atom. The molecule has 132 valence electrons. The number of hydrogen-bond acceptors (Lipinski definition) is 4. The number of ether oxygens (including phenoxy) is 1. The standard InChI is InChI=1S/C17H25ClN4O2/c1-17(2,3)24-16(23)20-12-8-9-22(11-12)14-7-5-4-6-13(14)21-15(19)10-18/h4-7,12H,8-11H2,1-3H3,(H2,19,21)(H,20,23). The molecule has 1 aromatic carbocycles. The Morgan fingerprint density at radius 3 is 2.83 bits per heavy atom. The number of carbonyl (C=O) groups is 1. The first kappa shape index (κ1) is 18.4. The molecule has 1 atom stereocenters. The number of rotatable bonds is 4. The molecule has 1 fully saturated rings. The Labute approximate surface area is 148 Å². The Hall–Kier alpha value is -1.95. The molecule has 1 amide bonds. The molecule has 0 spiro atoms. The number of benzene rings is 1. The van der Waals surface area contributed by atoms with Gasteiger partial charge in [0, 0.05) is 13.1 Å². The predicted molar refractivity (Wildman–Crippen MR) is 98.4 cm³/mol. The van der Waals surface area contributed by atoms with Crippen LogP contribution in [0.15, 0.2) is 29.3 Å². The molecule has 1 aliphatic rings. The smallest absolute Gasteiger partial charge is 0.407 e. The van der Waals surface area contributed by atoms with E-state index in [1.54, 1.807) is 0 Å². The van der Waals surface area contributed by atoms with Crippen LogP contribution in [-0.2, 0) is 4.74 Å². The third-order valence-electron chi connectivity index (χ3n) is 3.53. The molecule has 24 heavy (non-hydrogen) atoms. The molecule has 3 N–H and O–H groups in total. The van der Waals surface area contributed by atoms with Crippen molar-refractivity contribution < 1.29 is 9.53 Å². The van der Waals surface area contributed by atoms with E-state index in [0.717, 1.165) is 24.3 Å². The van der Waals surface area contributed by atoms with Crippen LogP contribution in [0.3, 0.4) is 0 Å². The maximum absolute atomic E-state index is 11.9. The summed E-state index contributed by atoms with van der Waals surface area (Å²) in [7, 11) is 0. The number of hydrogen-bond donors (Lipinski definition) is 2. The largest absolute Gasteiger partial charge is 0.444 e. The van der Waals surface area contributed by atoms with Crippen molar-refractivity contribution in [2.24, 2.45) is 10.7 Å². The molecule has 1 heterocycles. The van der Waals surface area contributed by atoms with Gasteiger partial charge in [0.25, 0.3) is 0 Å². The van der Waals surface area contributed by atoms with E-state index in [1.807, 2.05) is 45.0 Å². The third-order valence-corrected chi connectivity index (χ3v) is 3.81. The number of amides is 1. The van der Waals surface area contributed by atoms with Crippen molar-refractivity contribution in [1.29, 1.82) is 0 Å². The minimum atomic E-state index is -0.497. The van der Waals surface area contributed by atoms with Crippen molar-refractivity contribution >= 4 is 34.9 Å². The number of halogens is 1. The van der Waals surface area contributed by atoms with E-state index < -0.39 is 5.60 Å². The van der Waals surface area contributed by atoms with Gasteiger partial charge in [0.15, 0.2) is 0 Å². The molecule has 0 aliphatic carbocycles. The average Bonchev–Trinajstić information content (AvgIpc) is 2.93. The van der Waals surface area contributed by atoms with Crippen molar-refractivity contribution in [2.75, 3.05) is 23.9 Å². The second-order valence-electron chi connectivity index (χ2n) is 6.80. The first-order chi connectivity index (χ1) is 11.3. The molecule has 6 nitrogen and oxygen atoms in total. The summed E-state index contributed by atoms with van der Waals surface area (Å²) in [6, 6.07) is 7.82. The van der Waals surface area contributed by atoms with Crippen LogP contribution in [0.5, 0.6) is 0 Å². The molecule has 1 saturated heterocycles. The lowest BCUT2D eigenvalue weighted by Gasteiger charge is -2.23. The predicted octanol–water partition coefficient (Wildman–Crippen LogP) is 3.02. The molecule has 1 unspecified atom stereocenters. The summed E-state index contributed by atoms with van der Waals surface area (Å²) in [6.07, 6.45) is 0.467. The van der Waals surface area contributed by atoms with Gasteiger partial charge in [-0.05, 0) is 39.3 Å². The fraction of sp³-hybridized carbons (Fsp3) is 0.529. The molecule has 0 radical (unpaired) electrons. The van der Waals surface area contributed by atoms with Gasteiger partial charge in [-0.3, -0.25) is 0 Å². The summed E-state index contributed by atoms with van der Waals surface area (Å²) in [5.41, 5.74) is 7.02. The molecule has 1 aliphatic heterocycles. The number of anilines is 1. The van der Waals surface area contributed by atoms with E-state index in [-0.39, 0.29) is 18.0 Å². The average molecular weight is 353 g/mol. The van der Waals surface area contributed by atoms with Crippen LogP contribution in [0, 0.1) is 0 Å². The molecular weight excluding hydrogens is 328 g/mol. The van der Waals surface area contributed by atoms with Crippen molar-refractivity contribution in [1.82, 2.24) is 5.32 Å².